The summed E-state index contributed by atoms with van der Waals surface area (Å²) >= 11 is 0. The topological polar surface area (TPSA) is 42.2 Å². The van der Waals surface area contributed by atoms with Gasteiger partial charge in [-0.3, -0.25) is 0 Å². The fourth-order valence-electron chi connectivity index (χ4n) is 2.57. The Hall–Kier alpha value is -1.77. The number of hydrogen-bond donors (Lipinski definition) is 1. The Morgan fingerprint density at radius 2 is 2.17 bits per heavy atom. The lowest BCUT2D eigenvalue weighted by atomic mass is 10.0. The van der Waals surface area contributed by atoms with Crippen LogP contribution < -0.4 is 10.9 Å². The summed E-state index contributed by atoms with van der Waals surface area (Å²) in [6.07, 6.45) is 2.28. The van der Waals surface area contributed by atoms with Gasteiger partial charge in [-0.05, 0) is 42.9 Å². The van der Waals surface area contributed by atoms with Gasteiger partial charge in [-0.15, -0.1) is 0 Å². The number of anilines is 1. The van der Waals surface area contributed by atoms with E-state index in [0.29, 0.717) is 11.5 Å². The van der Waals surface area contributed by atoms with E-state index in [2.05, 4.69) is 18.3 Å². The molecule has 0 radical (unpaired) electrons. The lowest BCUT2D eigenvalue weighted by molar-refractivity contribution is 0.560. The van der Waals surface area contributed by atoms with Gasteiger partial charge >= 0.3 is 5.63 Å². The first-order chi connectivity index (χ1) is 8.63. The van der Waals surface area contributed by atoms with Gasteiger partial charge in [0, 0.05) is 29.8 Å². The summed E-state index contributed by atoms with van der Waals surface area (Å²) in [5, 5.41) is 4.49. The van der Waals surface area contributed by atoms with Gasteiger partial charge in [-0.1, -0.05) is 6.92 Å². The van der Waals surface area contributed by atoms with E-state index >= 15 is 0 Å². The highest BCUT2D eigenvalue weighted by Gasteiger charge is 2.14. The predicted molar refractivity (Wildman–Crippen MR) is 73.2 cm³/mol. The fourth-order valence-corrected chi connectivity index (χ4v) is 2.57. The number of hydrogen-bond acceptors (Lipinski definition) is 3. The summed E-state index contributed by atoms with van der Waals surface area (Å²) in [6.45, 7) is 5.19. The second-order valence-electron chi connectivity index (χ2n) is 5.28. The molecule has 1 N–H and O–H groups in total. The number of benzene rings is 1. The minimum Gasteiger partial charge on any atom is -0.423 e. The minimum absolute atomic E-state index is 0.276. The highest BCUT2D eigenvalue weighted by atomic mass is 16.4. The van der Waals surface area contributed by atoms with Crippen molar-refractivity contribution in [1.82, 2.24) is 0 Å². The summed E-state index contributed by atoms with van der Waals surface area (Å²) in [4.78, 5) is 11.4. The number of fused-ring (bicyclic) bond motifs is 2. The standard InChI is InChI=1S/C15H17NO2/c1-9-3-4-11-6-12-10(2)5-15(17)18-14(12)7-13(11)16-8-9/h5-7,9,16H,3-4,8H2,1-2H3. The van der Waals surface area contributed by atoms with Crippen molar-refractivity contribution in [1.29, 1.82) is 0 Å². The van der Waals surface area contributed by atoms with Crippen LogP contribution in [0.4, 0.5) is 5.69 Å². The van der Waals surface area contributed by atoms with Crippen LogP contribution >= 0.6 is 0 Å². The van der Waals surface area contributed by atoms with Crippen molar-refractivity contribution in [3.8, 4) is 0 Å². The van der Waals surface area contributed by atoms with E-state index < -0.39 is 0 Å². The Morgan fingerprint density at radius 1 is 1.33 bits per heavy atom. The first-order valence-electron chi connectivity index (χ1n) is 6.45. The number of nitrogens with one attached hydrogen (secondary N) is 1. The van der Waals surface area contributed by atoms with Crippen LogP contribution in [0.25, 0.3) is 11.0 Å². The predicted octanol–water partition coefficient (Wildman–Crippen LogP) is 3.10. The molecule has 3 nitrogen and oxygen atoms in total. The van der Waals surface area contributed by atoms with Gasteiger partial charge in [0.05, 0.1) is 0 Å². The number of rotatable bonds is 0. The quantitative estimate of drug-likeness (QED) is 0.723. The van der Waals surface area contributed by atoms with Gasteiger partial charge in [0.1, 0.15) is 5.58 Å². The molecule has 1 atom stereocenters. The average molecular weight is 243 g/mol. The minimum atomic E-state index is -0.276. The molecule has 1 aromatic carbocycles. The molecule has 0 aliphatic carbocycles. The Labute approximate surface area is 106 Å². The number of aryl methyl sites for hydroxylation is 2. The van der Waals surface area contributed by atoms with E-state index in [9.17, 15) is 4.79 Å². The molecular formula is C15H17NO2. The van der Waals surface area contributed by atoms with Crippen LogP contribution in [0.1, 0.15) is 24.5 Å². The third-order valence-corrected chi connectivity index (χ3v) is 3.72. The molecule has 2 heterocycles. The van der Waals surface area contributed by atoms with Crippen molar-refractivity contribution in [2.75, 3.05) is 11.9 Å². The lowest BCUT2D eigenvalue weighted by Gasteiger charge is -2.10. The summed E-state index contributed by atoms with van der Waals surface area (Å²) in [7, 11) is 0. The maximum Gasteiger partial charge on any atom is 0.336 e. The van der Waals surface area contributed by atoms with E-state index in [1.165, 1.54) is 12.0 Å². The van der Waals surface area contributed by atoms with Gasteiger partial charge in [0.25, 0.3) is 0 Å². The SMILES string of the molecule is Cc1cc(=O)oc2cc3c(cc12)CCC(C)CN3. The maximum absolute atomic E-state index is 11.4. The molecule has 1 aliphatic rings. The Kier molecular flexibility index (Phi) is 2.62. The highest BCUT2D eigenvalue weighted by Crippen LogP contribution is 2.29. The summed E-state index contributed by atoms with van der Waals surface area (Å²) < 4.78 is 5.28. The molecule has 1 unspecified atom stereocenters. The molecule has 94 valence electrons. The molecule has 0 amide bonds. The van der Waals surface area contributed by atoms with Crippen LogP contribution in [0.5, 0.6) is 0 Å². The van der Waals surface area contributed by atoms with Gasteiger partial charge in [0.15, 0.2) is 0 Å². The second kappa shape index (κ2) is 4.16. The summed E-state index contributed by atoms with van der Waals surface area (Å²) in [5.41, 5.74) is 3.83. The van der Waals surface area contributed by atoms with E-state index in [1.807, 2.05) is 13.0 Å². The molecule has 1 aromatic heterocycles. The second-order valence-corrected chi connectivity index (χ2v) is 5.28. The van der Waals surface area contributed by atoms with Crippen molar-refractivity contribution < 1.29 is 4.42 Å². The van der Waals surface area contributed by atoms with Crippen molar-refractivity contribution >= 4 is 16.7 Å². The Morgan fingerprint density at radius 3 is 3.00 bits per heavy atom. The van der Waals surface area contributed by atoms with E-state index in [-0.39, 0.29) is 5.63 Å². The van der Waals surface area contributed by atoms with Gasteiger partial charge in [-0.25, -0.2) is 4.79 Å². The molecule has 1 aliphatic heterocycles. The van der Waals surface area contributed by atoms with Crippen LogP contribution in [0.3, 0.4) is 0 Å². The van der Waals surface area contributed by atoms with Crippen LogP contribution in [0, 0.1) is 12.8 Å². The monoisotopic (exact) mass is 243 g/mol. The zero-order chi connectivity index (χ0) is 12.7. The zero-order valence-electron chi connectivity index (χ0n) is 10.7. The highest BCUT2D eigenvalue weighted by molar-refractivity contribution is 5.85. The summed E-state index contributed by atoms with van der Waals surface area (Å²) in [5.74, 6) is 0.675. The molecule has 3 heteroatoms. The third kappa shape index (κ3) is 1.90. The first-order valence-corrected chi connectivity index (χ1v) is 6.45. The molecule has 0 spiro atoms. The Balaban J connectivity index is 2.22. The largest absolute Gasteiger partial charge is 0.423 e. The van der Waals surface area contributed by atoms with E-state index in [1.54, 1.807) is 6.07 Å². The average Bonchev–Trinajstić information content (AvgIpc) is 2.50. The maximum atomic E-state index is 11.4. The molecule has 0 saturated heterocycles. The molecular weight excluding hydrogens is 226 g/mol. The van der Waals surface area contributed by atoms with E-state index in [4.69, 9.17) is 4.42 Å². The van der Waals surface area contributed by atoms with Crippen LogP contribution in [0.15, 0.2) is 27.4 Å². The van der Waals surface area contributed by atoms with E-state index in [0.717, 1.165) is 29.6 Å². The van der Waals surface area contributed by atoms with Crippen LogP contribution in [0.2, 0.25) is 0 Å². The van der Waals surface area contributed by atoms with Gasteiger partial charge in [0.2, 0.25) is 0 Å². The van der Waals surface area contributed by atoms with Crippen molar-refractivity contribution in [2.45, 2.75) is 26.7 Å². The van der Waals surface area contributed by atoms with Crippen molar-refractivity contribution in [2.24, 2.45) is 5.92 Å². The summed E-state index contributed by atoms with van der Waals surface area (Å²) in [6, 6.07) is 5.69. The van der Waals surface area contributed by atoms with Crippen LogP contribution in [-0.2, 0) is 6.42 Å². The normalized spacial score (nSPS) is 19.1. The molecule has 2 aromatic rings. The fraction of sp³-hybridized carbons (Fsp3) is 0.400. The van der Waals surface area contributed by atoms with Crippen molar-refractivity contribution in [3.63, 3.8) is 0 Å². The van der Waals surface area contributed by atoms with Crippen molar-refractivity contribution in [3.05, 3.63) is 39.7 Å². The van der Waals surface area contributed by atoms with Gasteiger partial charge in [-0.2, -0.15) is 0 Å². The molecule has 0 saturated carbocycles. The smallest absolute Gasteiger partial charge is 0.336 e. The molecule has 0 bridgehead atoms. The lowest BCUT2D eigenvalue weighted by Crippen LogP contribution is -2.08. The molecule has 18 heavy (non-hydrogen) atoms. The molecule has 0 fully saturated rings. The zero-order valence-corrected chi connectivity index (χ0v) is 10.7. The van der Waals surface area contributed by atoms with Crippen LogP contribution in [-0.4, -0.2) is 6.54 Å². The first kappa shape index (κ1) is 11.3. The van der Waals surface area contributed by atoms with Gasteiger partial charge < -0.3 is 9.73 Å². The molecule has 3 rings (SSSR count). The third-order valence-electron chi connectivity index (χ3n) is 3.72. The Bertz CT molecular complexity index is 657.